The van der Waals surface area contributed by atoms with Gasteiger partial charge in [0, 0.05) is 4.47 Å². The van der Waals surface area contributed by atoms with Crippen molar-refractivity contribution >= 4 is 33.1 Å². The highest BCUT2D eigenvalue weighted by molar-refractivity contribution is 9.10. The van der Waals surface area contributed by atoms with Gasteiger partial charge in [-0.05, 0) is 32.0 Å². The summed E-state index contributed by atoms with van der Waals surface area (Å²) in [5.41, 5.74) is 7.39. The second kappa shape index (κ2) is 6.41. The van der Waals surface area contributed by atoms with Crippen molar-refractivity contribution in [3.8, 4) is 11.9 Å². The van der Waals surface area contributed by atoms with Crippen molar-refractivity contribution in [2.45, 2.75) is 20.0 Å². The second-order valence-electron chi connectivity index (χ2n) is 4.53. The summed E-state index contributed by atoms with van der Waals surface area (Å²) in [6, 6.07) is 7.42. The Bertz CT molecular complexity index is 696. The minimum Gasteiger partial charge on any atom is -0.473 e. The molecule has 1 aromatic carbocycles. The fourth-order valence-corrected chi connectivity index (χ4v) is 2.00. The van der Waals surface area contributed by atoms with E-state index in [1.807, 2.05) is 19.9 Å². The van der Waals surface area contributed by atoms with Gasteiger partial charge in [-0.2, -0.15) is 10.2 Å². The molecular weight excluding hydrogens is 334 g/mol. The summed E-state index contributed by atoms with van der Waals surface area (Å²) < 4.78 is 6.33. The van der Waals surface area contributed by atoms with Gasteiger partial charge in [0.15, 0.2) is 5.82 Å². The minimum absolute atomic E-state index is 0.0441. The molecule has 21 heavy (non-hydrogen) atoms. The van der Waals surface area contributed by atoms with Gasteiger partial charge in [0.05, 0.1) is 17.4 Å². The van der Waals surface area contributed by atoms with E-state index in [0.29, 0.717) is 28.6 Å². The van der Waals surface area contributed by atoms with Crippen molar-refractivity contribution in [2.75, 3.05) is 11.1 Å². The largest absolute Gasteiger partial charge is 0.473 e. The molecule has 0 atom stereocenters. The summed E-state index contributed by atoms with van der Waals surface area (Å²) >= 11 is 3.33. The van der Waals surface area contributed by atoms with Crippen LogP contribution in [0.5, 0.6) is 5.88 Å². The molecule has 0 amide bonds. The molecule has 0 fully saturated rings. The smallest absolute Gasteiger partial charge is 0.242 e. The van der Waals surface area contributed by atoms with E-state index in [1.54, 1.807) is 12.1 Å². The Morgan fingerprint density at radius 1 is 1.38 bits per heavy atom. The van der Waals surface area contributed by atoms with Crippen LogP contribution in [0.2, 0.25) is 0 Å². The average Bonchev–Trinajstić information content (AvgIpc) is 2.44. The third kappa shape index (κ3) is 3.61. The van der Waals surface area contributed by atoms with Crippen LogP contribution in [-0.4, -0.2) is 16.1 Å². The predicted molar refractivity (Wildman–Crippen MR) is 84.3 cm³/mol. The molecule has 0 radical (unpaired) electrons. The highest BCUT2D eigenvalue weighted by atomic mass is 79.9. The number of anilines is 3. The maximum atomic E-state index is 9.16. The number of aromatic nitrogens is 2. The average molecular weight is 348 g/mol. The van der Waals surface area contributed by atoms with E-state index in [9.17, 15) is 0 Å². The maximum absolute atomic E-state index is 9.16. The topological polar surface area (TPSA) is 96.9 Å². The number of hydrogen-bond acceptors (Lipinski definition) is 6. The molecule has 6 nitrogen and oxygen atoms in total. The molecular formula is C14H14BrN5O. The number of ether oxygens (including phenoxy) is 1. The summed E-state index contributed by atoms with van der Waals surface area (Å²) in [6.07, 6.45) is 1.32. The summed E-state index contributed by atoms with van der Waals surface area (Å²) in [4.78, 5) is 8.10. The fraction of sp³-hybridized carbons (Fsp3) is 0.214. The number of benzene rings is 1. The van der Waals surface area contributed by atoms with Gasteiger partial charge in [0.2, 0.25) is 5.88 Å². The molecule has 3 N–H and O–H groups in total. The fourth-order valence-electron chi connectivity index (χ4n) is 1.64. The highest BCUT2D eigenvalue weighted by Gasteiger charge is 2.12. The lowest BCUT2D eigenvalue weighted by molar-refractivity contribution is 0.234. The summed E-state index contributed by atoms with van der Waals surface area (Å²) in [5.74, 6) is 0.720. The van der Waals surface area contributed by atoms with Gasteiger partial charge in [0.25, 0.3) is 0 Å². The standard InChI is InChI=1S/C14H14BrN5O/c1-8(2)21-14-12(17)13(18-7-19-14)20-11-4-3-10(15)5-9(11)6-16/h3-5,7-8H,17H2,1-2H3,(H,18,19,20). The Balaban J connectivity index is 2.34. The monoisotopic (exact) mass is 347 g/mol. The van der Waals surface area contributed by atoms with E-state index >= 15 is 0 Å². The third-order valence-corrected chi connectivity index (χ3v) is 3.04. The van der Waals surface area contributed by atoms with Crippen molar-refractivity contribution in [3.63, 3.8) is 0 Å². The van der Waals surface area contributed by atoms with Gasteiger partial charge in [-0.15, -0.1) is 0 Å². The van der Waals surface area contributed by atoms with E-state index in [2.05, 4.69) is 37.3 Å². The molecule has 1 aromatic heterocycles. The Kier molecular flexibility index (Phi) is 4.60. The molecule has 1 heterocycles. The van der Waals surface area contributed by atoms with E-state index in [0.717, 1.165) is 4.47 Å². The highest BCUT2D eigenvalue weighted by Crippen LogP contribution is 2.30. The van der Waals surface area contributed by atoms with Crippen molar-refractivity contribution < 1.29 is 4.74 Å². The van der Waals surface area contributed by atoms with Crippen LogP contribution in [0.25, 0.3) is 0 Å². The Labute approximate surface area is 131 Å². The van der Waals surface area contributed by atoms with Crippen molar-refractivity contribution in [3.05, 3.63) is 34.6 Å². The van der Waals surface area contributed by atoms with Gasteiger partial charge in [0.1, 0.15) is 18.1 Å². The minimum atomic E-state index is -0.0441. The van der Waals surface area contributed by atoms with Gasteiger partial charge in [-0.25, -0.2) is 4.98 Å². The first-order valence-electron chi connectivity index (χ1n) is 6.25. The first kappa shape index (κ1) is 15.1. The van der Waals surface area contributed by atoms with Crippen LogP contribution in [0, 0.1) is 11.3 Å². The molecule has 0 unspecified atom stereocenters. The van der Waals surface area contributed by atoms with Gasteiger partial charge in [-0.1, -0.05) is 15.9 Å². The zero-order valence-corrected chi connectivity index (χ0v) is 13.2. The normalized spacial score (nSPS) is 10.2. The lowest BCUT2D eigenvalue weighted by Crippen LogP contribution is -2.11. The molecule has 0 aliphatic rings. The van der Waals surface area contributed by atoms with E-state index in [-0.39, 0.29) is 6.10 Å². The Morgan fingerprint density at radius 3 is 2.81 bits per heavy atom. The van der Waals surface area contributed by atoms with E-state index in [4.69, 9.17) is 15.7 Å². The molecule has 0 saturated carbocycles. The number of nitrogens with two attached hydrogens (primary N) is 1. The van der Waals surface area contributed by atoms with E-state index in [1.165, 1.54) is 6.33 Å². The Hall–Kier alpha value is -2.33. The number of nitrogens with one attached hydrogen (secondary N) is 1. The van der Waals surface area contributed by atoms with Crippen LogP contribution in [-0.2, 0) is 0 Å². The molecule has 0 aliphatic heterocycles. The van der Waals surface area contributed by atoms with Gasteiger partial charge < -0.3 is 15.8 Å². The number of nitrogens with zero attached hydrogens (tertiary/aromatic N) is 3. The lowest BCUT2D eigenvalue weighted by atomic mass is 10.2. The Morgan fingerprint density at radius 2 is 2.14 bits per heavy atom. The number of hydrogen-bond donors (Lipinski definition) is 2. The van der Waals surface area contributed by atoms with Crippen molar-refractivity contribution in [1.82, 2.24) is 9.97 Å². The number of nitriles is 1. The SMILES string of the molecule is CC(C)Oc1ncnc(Nc2ccc(Br)cc2C#N)c1N. The predicted octanol–water partition coefficient (Wildman–Crippen LogP) is 3.22. The maximum Gasteiger partial charge on any atom is 0.242 e. The molecule has 2 aromatic rings. The van der Waals surface area contributed by atoms with Crippen LogP contribution in [0.3, 0.4) is 0 Å². The zero-order valence-electron chi connectivity index (χ0n) is 11.6. The number of nitrogen functional groups attached to an aromatic ring is 1. The lowest BCUT2D eigenvalue weighted by Gasteiger charge is -2.14. The van der Waals surface area contributed by atoms with Crippen molar-refractivity contribution in [2.24, 2.45) is 0 Å². The summed E-state index contributed by atoms with van der Waals surface area (Å²) in [7, 11) is 0. The quantitative estimate of drug-likeness (QED) is 0.881. The summed E-state index contributed by atoms with van der Waals surface area (Å²) in [6.45, 7) is 3.77. The molecule has 7 heteroatoms. The number of rotatable bonds is 4. The second-order valence-corrected chi connectivity index (χ2v) is 5.45. The van der Waals surface area contributed by atoms with Gasteiger partial charge >= 0.3 is 0 Å². The van der Waals surface area contributed by atoms with Crippen molar-refractivity contribution in [1.29, 1.82) is 5.26 Å². The number of halogens is 1. The molecule has 0 spiro atoms. The zero-order chi connectivity index (χ0) is 15.4. The molecule has 0 saturated heterocycles. The van der Waals surface area contributed by atoms with E-state index < -0.39 is 0 Å². The van der Waals surface area contributed by atoms with Crippen LogP contribution < -0.4 is 15.8 Å². The van der Waals surface area contributed by atoms with Crippen LogP contribution >= 0.6 is 15.9 Å². The molecule has 2 rings (SSSR count). The first-order chi connectivity index (χ1) is 10.0. The van der Waals surface area contributed by atoms with Crippen LogP contribution in [0.4, 0.5) is 17.2 Å². The first-order valence-corrected chi connectivity index (χ1v) is 7.04. The molecule has 0 bridgehead atoms. The van der Waals surface area contributed by atoms with Crippen LogP contribution in [0.1, 0.15) is 19.4 Å². The van der Waals surface area contributed by atoms with Gasteiger partial charge in [-0.3, -0.25) is 0 Å². The third-order valence-electron chi connectivity index (χ3n) is 2.55. The summed E-state index contributed by atoms with van der Waals surface area (Å²) in [5, 5.41) is 12.2. The molecule has 0 aliphatic carbocycles. The van der Waals surface area contributed by atoms with Crippen LogP contribution in [0.15, 0.2) is 29.0 Å². The molecule has 108 valence electrons.